The monoisotopic (exact) mass is 268 g/mol. The van der Waals surface area contributed by atoms with Crippen molar-refractivity contribution in [3.63, 3.8) is 0 Å². The molecule has 0 aliphatic heterocycles. The van der Waals surface area contributed by atoms with Crippen LogP contribution in [0.4, 0.5) is 0 Å². The Balaban J connectivity index is 2.60. The van der Waals surface area contributed by atoms with Gasteiger partial charge in [-0.05, 0) is 37.5 Å². The van der Waals surface area contributed by atoms with Gasteiger partial charge >= 0.3 is 0 Å². The van der Waals surface area contributed by atoms with Crippen molar-refractivity contribution >= 4 is 35.0 Å². The second-order valence-corrected chi connectivity index (χ2v) is 5.28. The Bertz CT molecular complexity index is 573. The number of benzene rings is 1. The summed E-state index contributed by atoms with van der Waals surface area (Å²) in [5.74, 6) is 1.90. The SMILES string of the molecule is COc1ccc2[nH]c(=S)n(C(C)CSC)c2c1. The van der Waals surface area contributed by atoms with Gasteiger partial charge in [0.1, 0.15) is 5.75 Å². The van der Waals surface area contributed by atoms with Gasteiger partial charge in [0.15, 0.2) is 4.77 Å². The summed E-state index contributed by atoms with van der Waals surface area (Å²) in [6.45, 7) is 2.18. The average Bonchev–Trinajstić information content (AvgIpc) is 2.64. The van der Waals surface area contributed by atoms with Crippen LogP contribution in [0.5, 0.6) is 5.75 Å². The van der Waals surface area contributed by atoms with Crippen LogP contribution in [0.25, 0.3) is 11.0 Å². The molecule has 0 fully saturated rings. The Labute approximate surface area is 110 Å². The smallest absolute Gasteiger partial charge is 0.178 e. The van der Waals surface area contributed by atoms with Crippen LogP contribution in [0.15, 0.2) is 18.2 Å². The molecule has 1 unspecified atom stereocenters. The molecule has 92 valence electrons. The third-order valence-electron chi connectivity index (χ3n) is 2.77. The summed E-state index contributed by atoms with van der Waals surface area (Å²) in [6.07, 6.45) is 2.11. The van der Waals surface area contributed by atoms with Gasteiger partial charge in [-0.1, -0.05) is 0 Å². The third kappa shape index (κ3) is 2.35. The second-order valence-electron chi connectivity index (χ2n) is 3.99. The lowest BCUT2D eigenvalue weighted by atomic mass is 10.3. The predicted octanol–water partition coefficient (Wildman–Crippen LogP) is 3.63. The van der Waals surface area contributed by atoms with Gasteiger partial charge < -0.3 is 14.3 Å². The highest BCUT2D eigenvalue weighted by Crippen LogP contribution is 2.24. The molecule has 2 rings (SSSR count). The number of H-pyrrole nitrogens is 1. The van der Waals surface area contributed by atoms with E-state index >= 15 is 0 Å². The van der Waals surface area contributed by atoms with Crippen molar-refractivity contribution in [1.29, 1.82) is 0 Å². The molecule has 0 radical (unpaired) electrons. The highest BCUT2D eigenvalue weighted by Gasteiger charge is 2.11. The molecule has 0 spiro atoms. The summed E-state index contributed by atoms with van der Waals surface area (Å²) >= 11 is 7.20. The maximum absolute atomic E-state index is 5.38. The molecule has 17 heavy (non-hydrogen) atoms. The summed E-state index contributed by atoms with van der Waals surface area (Å²) in [5, 5.41) is 0. The minimum Gasteiger partial charge on any atom is -0.497 e. The van der Waals surface area contributed by atoms with Gasteiger partial charge in [-0.25, -0.2) is 0 Å². The fourth-order valence-electron chi connectivity index (χ4n) is 1.98. The van der Waals surface area contributed by atoms with Crippen molar-refractivity contribution in [2.45, 2.75) is 13.0 Å². The average molecular weight is 268 g/mol. The van der Waals surface area contributed by atoms with E-state index in [2.05, 4.69) is 22.7 Å². The number of hydrogen-bond donors (Lipinski definition) is 1. The molecule has 5 heteroatoms. The van der Waals surface area contributed by atoms with Crippen molar-refractivity contribution in [2.75, 3.05) is 19.1 Å². The van der Waals surface area contributed by atoms with E-state index in [0.29, 0.717) is 6.04 Å². The number of imidazole rings is 1. The molecule has 0 saturated heterocycles. The van der Waals surface area contributed by atoms with Gasteiger partial charge in [0.2, 0.25) is 0 Å². The van der Waals surface area contributed by atoms with Gasteiger partial charge in [0.25, 0.3) is 0 Å². The van der Waals surface area contributed by atoms with Crippen LogP contribution in [0, 0.1) is 4.77 Å². The van der Waals surface area contributed by atoms with Crippen molar-refractivity contribution < 1.29 is 4.74 Å². The second kappa shape index (κ2) is 5.14. The van der Waals surface area contributed by atoms with Gasteiger partial charge in [-0.3, -0.25) is 0 Å². The van der Waals surface area contributed by atoms with Crippen molar-refractivity contribution in [1.82, 2.24) is 9.55 Å². The molecule has 2 aromatic rings. The molecule has 0 aliphatic carbocycles. The number of aromatic nitrogens is 2. The van der Waals surface area contributed by atoms with E-state index in [-0.39, 0.29) is 0 Å². The lowest BCUT2D eigenvalue weighted by molar-refractivity contribution is 0.415. The first kappa shape index (κ1) is 12.5. The number of nitrogens with zero attached hydrogens (tertiary/aromatic N) is 1. The summed E-state index contributed by atoms with van der Waals surface area (Å²) in [4.78, 5) is 3.23. The molecule has 0 amide bonds. The lowest BCUT2D eigenvalue weighted by Crippen LogP contribution is -2.07. The number of hydrogen-bond acceptors (Lipinski definition) is 3. The lowest BCUT2D eigenvalue weighted by Gasteiger charge is -2.13. The van der Waals surface area contributed by atoms with E-state index in [0.717, 1.165) is 27.3 Å². The fraction of sp³-hybridized carbons (Fsp3) is 0.417. The molecule has 3 nitrogen and oxygen atoms in total. The largest absolute Gasteiger partial charge is 0.497 e. The Morgan fingerprint density at radius 2 is 2.29 bits per heavy atom. The van der Waals surface area contributed by atoms with E-state index in [4.69, 9.17) is 17.0 Å². The van der Waals surface area contributed by atoms with E-state index in [1.165, 1.54) is 0 Å². The van der Waals surface area contributed by atoms with Crippen LogP contribution in [-0.2, 0) is 0 Å². The topological polar surface area (TPSA) is 29.9 Å². The van der Waals surface area contributed by atoms with Crippen LogP contribution in [-0.4, -0.2) is 28.7 Å². The van der Waals surface area contributed by atoms with Crippen molar-refractivity contribution in [2.24, 2.45) is 0 Å². The maximum atomic E-state index is 5.38. The standard InChI is InChI=1S/C12H16N2OS2/c1-8(7-17-3)14-11-6-9(15-2)4-5-10(11)13-12(14)16/h4-6,8H,7H2,1-3H3,(H,13,16). The van der Waals surface area contributed by atoms with Crippen LogP contribution in [0.2, 0.25) is 0 Å². The highest BCUT2D eigenvalue weighted by atomic mass is 32.2. The molecule has 0 aliphatic rings. The van der Waals surface area contributed by atoms with Crippen LogP contribution < -0.4 is 4.74 Å². The molecule has 1 atom stereocenters. The van der Waals surface area contributed by atoms with E-state index in [1.807, 2.05) is 30.0 Å². The Morgan fingerprint density at radius 1 is 1.53 bits per heavy atom. The zero-order valence-corrected chi connectivity index (χ0v) is 11.8. The van der Waals surface area contributed by atoms with Gasteiger partial charge in [-0.2, -0.15) is 11.8 Å². The number of aromatic amines is 1. The minimum absolute atomic E-state index is 0.373. The van der Waals surface area contributed by atoms with Crippen LogP contribution in [0.3, 0.4) is 0 Å². The van der Waals surface area contributed by atoms with Crippen molar-refractivity contribution in [3.05, 3.63) is 23.0 Å². The maximum Gasteiger partial charge on any atom is 0.178 e. The molecule has 0 saturated carbocycles. The Hall–Kier alpha value is -0.940. The molecule has 1 N–H and O–H groups in total. The zero-order chi connectivity index (χ0) is 12.4. The molecule has 1 aromatic carbocycles. The zero-order valence-electron chi connectivity index (χ0n) is 10.2. The first-order valence-corrected chi connectivity index (χ1v) is 7.24. The van der Waals surface area contributed by atoms with Crippen LogP contribution >= 0.6 is 24.0 Å². The Morgan fingerprint density at radius 3 is 2.94 bits per heavy atom. The van der Waals surface area contributed by atoms with E-state index in [9.17, 15) is 0 Å². The summed E-state index contributed by atoms with van der Waals surface area (Å²) in [5.41, 5.74) is 2.17. The Kier molecular flexibility index (Phi) is 3.79. The minimum atomic E-state index is 0.373. The fourth-order valence-corrected chi connectivity index (χ4v) is 3.00. The summed E-state index contributed by atoms with van der Waals surface area (Å²) < 4.78 is 8.19. The van der Waals surface area contributed by atoms with E-state index in [1.54, 1.807) is 7.11 Å². The molecule has 1 heterocycles. The normalized spacial score (nSPS) is 12.9. The number of thioether (sulfide) groups is 1. The number of nitrogens with one attached hydrogen (secondary N) is 1. The quantitative estimate of drug-likeness (QED) is 0.859. The first-order valence-electron chi connectivity index (χ1n) is 5.44. The molecule has 1 aromatic heterocycles. The molecular formula is C12H16N2OS2. The van der Waals surface area contributed by atoms with Crippen LogP contribution in [0.1, 0.15) is 13.0 Å². The first-order chi connectivity index (χ1) is 8.17. The third-order valence-corrected chi connectivity index (χ3v) is 3.89. The number of methoxy groups -OCH3 is 1. The summed E-state index contributed by atoms with van der Waals surface area (Å²) in [7, 11) is 1.68. The molecule has 0 bridgehead atoms. The number of rotatable bonds is 4. The predicted molar refractivity (Wildman–Crippen MR) is 76.8 cm³/mol. The van der Waals surface area contributed by atoms with Crippen molar-refractivity contribution in [3.8, 4) is 5.75 Å². The molecular weight excluding hydrogens is 252 g/mol. The van der Waals surface area contributed by atoms with Gasteiger partial charge in [0, 0.05) is 17.9 Å². The van der Waals surface area contributed by atoms with E-state index < -0.39 is 0 Å². The number of fused-ring (bicyclic) bond motifs is 1. The van der Waals surface area contributed by atoms with Gasteiger partial charge in [0.05, 0.1) is 18.1 Å². The van der Waals surface area contributed by atoms with Gasteiger partial charge in [-0.15, -0.1) is 0 Å². The number of ether oxygens (including phenoxy) is 1. The highest BCUT2D eigenvalue weighted by molar-refractivity contribution is 7.98. The summed E-state index contributed by atoms with van der Waals surface area (Å²) in [6, 6.07) is 6.35.